The van der Waals surface area contributed by atoms with Crippen LogP contribution in [0.5, 0.6) is 0 Å². The van der Waals surface area contributed by atoms with E-state index in [0.29, 0.717) is 26.0 Å². The molecule has 5 nitrogen and oxygen atoms in total. The van der Waals surface area contributed by atoms with Crippen LogP contribution in [0.15, 0.2) is 54.6 Å². The number of hydrogen-bond acceptors (Lipinski definition) is 3. The number of benzene rings is 2. The van der Waals surface area contributed by atoms with Gasteiger partial charge in [0.15, 0.2) is 0 Å². The van der Waals surface area contributed by atoms with E-state index in [-0.39, 0.29) is 24.2 Å². The summed E-state index contributed by atoms with van der Waals surface area (Å²) >= 11 is 0. The van der Waals surface area contributed by atoms with Crippen LogP contribution in [0.1, 0.15) is 24.5 Å². The molecule has 0 fully saturated rings. The highest BCUT2D eigenvalue weighted by Crippen LogP contribution is 2.13. The zero-order valence-electron chi connectivity index (χ0n) is 16.4. The van der Waals surface area contributed by atoms with Gasteiger partial charge in [-0.05, 0) is 36.6 Å². The Labute approximate surface area is 165 Å². The summed E-state index contributed by atoms with van der Waals surface area (Å²) in [4.78, 5) is 26.9. The summed E-state index contributed by atoms with van der Waals surface area (Å²) < 4.78 is 18.1. The largest absolute Gasteiger partial charge is 0.383 e. The topological polar surface area (TPSA) is 58.6 Å². The average molecular weight is 386 g/mol. The first kappa shape index (κ1) is 21.6. The Hall–Kier alpha value is -2.73. The first-order chi connectivity index (χ1) is 13.5. The van der Waals surface area contributed by atoms with Crippen molar-refractivity contribution in [1.82, 2.24) is 10.2 Å². The molecular weight excluding hydrogens is 359 g/mol. The molecule has 0 saturated carbocycles. The second-order valence-electron chi connectivity index (χ2n) is 6.59. The van der Waals surface area contributed by atoms with Crippen LogP contribution >= 0.6 is 0 Å². The Kier molecular flexibility index (Phi) is 8.62. The van der Waals surface area contributed by atoms with Crippen LogP contribution in [-0.4, -0.2) is 43.0 Å². The number of nitrogens with one attached hydrogen (secondary N) is 1. The lowest BCUT2D eigenvalue weighted by Crippen LogP contribution is -2.48. The summed E-state index contributed by atoms with van der Waals surface area (Å²) in [5.41, 5.74) is 1.83. The van der Waals surface area contributed by atoms with Crippen LogP contribution in [0.4, 0.5) is 4.39 Å². The number of aryl methyl sites for hydroxylation is 1. The van der Waals surface area contributed by atoms with Crippen LogP contribution in [0, 0.1) is 5.82 Å². The minimum atomic E-state index is -0.648. The van der Waals surface area contributed by atoms with E-state index < -0.39 is 6.04 Å². The van der Waals surface area contributed by atoms with Crippen molar-refractivity contribution in [2.45, 2.75) is 32.4 Å². The fourth-order valence-corrected chi connectivity index (χ4v) is 2.83. The van der Waals surface area contributed by atoms with Gasteiger partial charge in [-0.25, -0.2) is 4.39 Å². The van der Waals surface area contributed by atoms with Crippen molar-refractivity contribution >= 4 is 11.8 Å². The molecule has 6 heteroatoms. The van der Waals surface area contributed by atoms with Gasteiger partial charge >= 0.3 is 0 Å². The molecule has 2 aromatic carbocycles. The van der Waals surface area contributed by atoms with E-state index in [0.717, 1.165) is 11.1 Å². The molecule has 28 heavy (non-hydrogen) atoms. The first-order valence-electron chi connectivity index (χ1n) is 9.35. The van der Waals surface area contributed by atoms with E-state index in [1.807, 2.05) is 30.3 Å². The molecule has 0 saturated heterocycles. The second-order valence-corrected chi connectivity index (χ2v) is 6.59. The van der Waals surface area contributed by atoms with Gasteiger partial charge < -0.3 is 15.0 Å². The van der Waals surface area contributed by atoms with Crippen molar-refractivity contribution in [2.75, 3.05) is 20.3 Å². The zero-order chi connectivity index (χ0) is 20.4. The smallest absolute Gasteiger partial charge is 0.242 e. The molecule has 2 aromatic rings. The number of ether oxygens (including phenoxy) is 1. The van der Waals surface area contributed by atoms with E-state index >= 15 is 0 Å². The van der Waals surface area contributed by atoms with Gasteiger partial charge in [0.1, 0.15) is 11.9 Å². The quantitative estimate of drug-likeness (QED) is 0.639. The summed E-state index contributed by atoms with van der Waals surface area (Å²) in [6, 6.07) is 15.0. The van der Waals surface area contributed by atoms with E-state index in [1.165, 1.54) is 17.0 Å². The second kappa shape index (κ2) is 11.2. The minimum Gasteiger partial charge on any atom is -0.383 e. The number of nitrogens with zero attached hydrogens (tertiary/aromatic N) is 1. The molecule has 2 amide bonds. The third-order valence-electron chi connectivity index (χ3n) is 4.51. The number of methoxy groups -OCH3 is 1. The van der Waals surface area contributed by atoms with Crippen molar-refractivity contribution in [2.24, 2.45) is 0 Å². The van der Waals surface area contributed by atoms with Gasteiger partial charge in [-0.3, -0.25) is 9.59 Å². The molecule has 2 rings (SSSR count). The van der Waals surface area contributed by atoms with Crippen LogP contribution in [0.3, 0.4) is 0 Å². The van der Waals surface area contributed by atoms with Crippen LogP contribution in [-0.2, 0) is 27.3 Å². The van der Waals surface area contributed by atoms with Crippen LogP contribution in [0.25, 0.3) is 0 Å². The number of hydrogen-bond donors (Lipinski definition) is 1. The number of carbonyl (C=O) groups is 2. The highest BCUT2D eigenvalue weighted by molar-refractivity contribution is 5.87. The maximum absolute atomic E-state index is 13.2. The first-order valence-corrected chi connectivity index (χ1v) is 9.35. The lowest BCUT2D eigenvalue weighted by atomic mass is 10.1. The Morgan fingerprint density at radius 1 is 1.07 bits per heavy atom. The molecule has 0 aliphatic carbocycles. The molecule has 1 atom stereocenters. The summed E-state index contributed by atoms with van der Waals surface area (Å²) in [5.74, 6) is -0.703. The Balaban J connectivity index is 2.08. The molecular formula is C22H27FN2O3. The molecule has 0 radical (unpaired) electrons. The monoisotopic (exact) mass is 386 g/mol. The van der Waals surface area contributed by atoms with Crippen LogP contribution in [0.2, 0.25) is 0 Å². The molecule has 1 N–H and O–H groups in total. The third-order valence-corrected chi connectivity index (χ3v) is 4.51. The summed E-state index contributed by atoms with van der Waals surface area (Å²) in [6.07, 6.45) is 0.887. The SMILES string of the molecule is COCCNC(=O)[C@H](C)N(Cc1ccc(F)cc1)C(=O)CCc1ccccc1. The van der Waals surface area contributed by atoms with Crippen molar-refractivity contribution < 1.29 is 18.7 Å². The lowest BCUT2D eigenvalue weighted by Gasteiger charge is -2.29. The molecule has 0 aromatic heterocycles. The standard InChI is InChI=1S/C22H27FN2O3/c1-17(22(27)24-14-15-28-2)25(16-19-8-11-20(23)12-9-19)21(26)13-10-18-6-4-3-5-7-18/h3-9,11-12,17H,10,13-16H2,1-2H3,(H,24,27)/t17-/m0/s1. The maximum atomic E-state index is 13.2. The van der Waals surface area contributed by atoms with Gasteiger partial charge in [-0.15, -0.1) is 0 Å². The number of rotatable bonds is 10. The molecule has 150 valence electrons. The fraction of sp³-hybridized carbons (Fsp3) is 0.364. The molecule has 0 spiro atoms. The average Bonchev–Trinajstić information content (AvgIpc) is 2.72. The van der Waals surface area contributed by atoms with Gasteiger partial charge in [-0.2, -0.15) is 0 Å². The van der Waals surface area contributed by atoms with Gasteiger partial charge in [0, 0.05) is 26.6 Å². The third kappa shape index (κ3) is 6.78. The Morgan fingerprint density at radius 3 is 2.39 bits per heavy atom. The molecule has 0 aliphatic rings. The predicted molar refractivity (Wildman–Crippen MR) is 106 cm³/mol. The number of halogens is 1. The van der Waals surface area contributed by atoms with Crippen molar-refractivity contribution in [3.8, 4) is 0 Å². The molecule has 0 aliphatic heterocycles. The van der Waals surface area contributed by atoms with E-state index in [2.05, 4.69) is 5.32 Å². The highest BCUT2D eigenvalue weighted by Gasteiger charge is 2.25. The zero-order valence-corrected chi connectivity index (χ0v) is 16.4. The molecule has 0 unspecified atom stereocenters. The van der Waals surface area contributed by atoms with E-state index in [4.69, 9.17) is 4.74 Å². The highest BCUT2D eigenvalue weighted by atomic mass is 19.1. The van der Waals surface area contributed by atoms with E-state index in [9.17, 15) is 14.0 Å². The number of carbonyl (C=O) groups excluding carboxylic acids is 2. The Bertz CT molecular complexity index is 750. The fourth-order valence-electron chi connectivity index (χ4n) is 2.83. The van der Waals surface area contributed by atoms with Crippen molar-refractivity contribution in [3.63, 3.8) is 0 Å². The molecule has 0 heterocycles. The van der Waals surface area contributed by atoms with Crippen molar-refractivity contribution in [1.29, 1.82) is 0 Å². The van der Waals surface area contributed by atoms with Gasteiger partial charge in [0.2, 0.25) is 11.8 Å². The minimum absolute atomic E-state index is 0.123. The van der Waals surface area contributed by atoms with Gasteiger partial charge in [-0.1, -0.05) is 42.5 Å². The maximum Gasteiger partial charge on any atom is 0.242 e. The summed E-state index contributed by atoms with van der Waals surface area (Å²) in [5, 5.41) is 2.77. The number of amides is 2. The summed E-state index contributed by atoms with van der Waals surface area (Å²) in [6.45, 7) is 2.72. The predicted octanol–water partition coefficient (Wildman–Crippen LogP) is 2.94. The van der Waals surface area contributed by atoms with Crippen LogP contribution < -0.4 is 5.32 Å². The normalized spacial score (nSPS) is 11.7. The molecule has 0 bridgehead atoms. The Morgan fingerprint density at radius 2 is 1.75 bits per heavy atom. The lowest BCUT2D eigenvalue weighted by molar-refractivity contribution is -0.140. The van der Waals surface area contributed by atoms with Gasteiger partial charge in [0.25, 0.3) is 0 Å². The van der Waals surface area contributed by atoms with Gasteiger partial charge in [0.05, 0.1) is 6.61 Å². The van der Waals surface area contributed by atoms with E-state index in [1.54, 1.807) is 26.2 Å². The summed E-state index contributed by atoms with van der Waals surface area (Å²) in [7, 11) is 1.56. The van der Waals surface area contributed by atoms with Crippen molar-refractivity contribution in [3.05, 3.63) is 71.5 Å².